The maximum absolute atomic E-state index is 11.8. The van der Waals surface area contributed by atoms with Crippen LogP contribution in [0.15, 0.2) is 52.5 Å². The normalized spacial score (nSPS) is 10.6. The van der Waals surface area contributed by atoms with Crippen LogP contribution in [-0.4, -0.2) is 23.0 Å². The molecule has 4 N–H and O–H groups in total. The Labute approximate surface area is 168 Å². The van der Waals surface area contributed by atoms with E-state index in [0.717, 1.165) is 5.56 Å². The van der Waals surface area contributed by atoms with Gasteiger partial charge in [0.25, 0.3) is 5.91 Å². The number of ether oxygens (including phenoxy) is 1. The molecule has 0 bridgehead atoms. The largest absolute Gasteiger partial charge is 0.488 e. The lowest BCUT2D eigenvalue weighted by Gasteiger charge is -2.11. The van der Waals surface area contributed by atoms with Gasteiger partial charge in [-0.3, -0.25) is 10.1 Å². The molecule has 8 nitrogen and oxygen atoms in total. The first kappa shape index (κ1) is 20.7. The van der Waals surface area contributed by atoms with Gasteiger partial charge in [0.05, 0.1) is 5.56 Å². The first-order valence-corrected chi connectivity index (χ1v) is 8.56. The summed E-state index contributed by atoms with van der Waals surface area (Å²) in [5.74, 6) is -1.57. The minimum atomic E-state index is -1.07. The highest BCUT2D eigenvalue weighted by Crippen LogP contribution is 2.26. The van der Waals surface area contributed by atoms with Gasteiger partial charge in [0.15, 0.2) is 0 Å². The van der Waals surface area contributed by atoms with Crippen LogP contribution in [0.25, 0.3) is 6.08 Å². The van der Waals surface area contributed by atoms with Gasteiger partial charge in [-0.25, -0.2) is 9.59 Å². The summed E-state index contributed by atoms with van der Waals surface area (Å²) in [6.45, 7) is 0.137. The second-order valence-corrected chi connectivity index (χ2v) is 6.38. The number of nitriles is 1. The third-order valence-electron chi connectivity index (χ3n) is 3.47. The molecule has 0 fully saturated rings. The van der Waals surface area contributed by atoms with Gasteiger partial charge >= 0.3 is 12.0 Å². The minimum absolute atomic E-state index is 0.137. The Hall–Kier alpha value is -3.64. The van der Waals surface area contributed by atoms with Crippen LogP contribution in [0.3, 0.4) is 0 Å². The predicted molar refractivity (Wildman–Crippen MR) is 103 cm³/mol. The number of aromatic carboxylic acids is 1. The molecule has 0 atom stereocenters. The average molecular weight is 444 g/mol. The van der Waals surface area contributed by atoms with E-state index in [0.29, 0.717) is 15.8 Å². The number of hydrogen-bond acceptors (Lipinski definition) is 5. The number of halogens is 1. The fraction of sp³-hybridized carbons (Fsp3) is 0.0526. The molecule has 0 saturated heterocycles. The highest BCUT2D eigenvalue weighted by molar-refractivity contribution is 9.10. The molecule has 9 heteroatoms. The van der Waals surface area contributed by atoms with E-state index in [4.69, 9.17) is 15.6 Å². The zero-order valence-electron chi connectivity index (χ0n) is 14.3. The smallest absolute Gasteiger partial charge is 0.335 e. The summed E-state index contributed by atoms with van der Waals surface area (Å²) in [5, 5.41) is 19.9. The van der Waals surface area contributed by atoms with Crippen molar-refractivity contribution in [2.45, 2.75) is 6.61 Å². The SMILES string of the molecule is N#CC(=Cc1cc(Br)ccc1OCc1ccc(C(=O)O)cc1)C(=O)NC(N)=O. The molecule has 0 heterocycles. The van der Waals surface area contributed by atoms with Crippen LogP contribution in [0.1, 0.15) is 21.5 Å². The molecule has 3 amide bonds. The molecular formula is C19H14BrN3O5. The van der Waals surface area contributed by atoms with Gasteiger partial charge in [0.1, 0.15) is 24.0 Å². The lowest BCUT2D eigenvalue weighted by Crippen LogP contribution is -2.35. The van der Waals surface area contributed by atoms with Crippen LogP contribution >= 0.6 is 15.9 Å². The van der Waals surface area contributed by atoms with Crippen molar-refractivity contribution in [2.24, 2.45) is 5.73 Å². The molecule has 0 aromatic heterocycles. The average Bonchev–Trinajstić information content (AvgIpc) is 2.65. The van der Waals surface area contributed by atoms with Gasteiger partial charge in [-0.05, 0) is 42.0 Å². The zero-order valence-corrected chi connectivity index (χ0v) is 15.9. The van der Waals surface area contributed by atoms with Gasteiger partial charge in [0.2, 0.25) is 0 Å². The Bertz CT molecular complexity index is 994. The lowest BCUT2D eigenvalue weighted by atomic mass is 10.1. The van der Waals surface area contributed by atoms with Crippen molar-refractivity contribution in [2.75, 3.05) is 0 Å². The lowest BCUT2D eigenvalue weighted by molar-refractivity contribution is -0.115. The Kier molecular flexibility index (Phi) is 6.90. The molecule has 2 rings (SSSR count). The molecule has 0 aliphatic rings. The quantitative estimate of drug-likeness (QED) is 0.462. The number of carbonyl (C=O) groups is 3. The number of carboxylic acid groups (broad SMARTS) is 1. The van der Waals surface area contributed by atoms with Crippen molar-refractivity contribution in [1.29, 1.82) is 5.26 Å². The number of nitrogens with one attached hydrogen (secondary N) is 1. The van der Waals surface area contributed by atoms with Crippen LogP contribution in [-0.2, 0) is 11.4 Å². The van der Waals surface area contributed by atoms with E-state index >= 15 is 0 Å². The number of primary amides is 1. The summed E-state index contributed by atoms with van der Waals surface area (Å²) < 4.78 is 6.42. The molecule has 142 valence electrons. The minimum Gasteiger partial charge on any atom is -0.488 e. The summed E-state index contributed by atoms with van der Waals surface area (Å²) in [6.07, 6.45) is 1.27. The molecule has 0 aliphatic heterocycles. The molecule has 0 spiro atoms. The van der Waals surface area contributed by atoms with Gasteiger partial charge in [-0.15, -0.1) is 0 Å². The van der Waals surface area contributed by atoms with Crippen molar-refractivity contribution in [3.8, 4) is 11.8 Å². The first-order chi connectivity index (χ1) is 13.3. The second-order valence-electron chi connectivity index (χ2n) is 5.46. The molecular weight excluding hydrogens is 430 g/mol. The topological polar surface area (TPSA) is 143 Å². The van der Waals surface area contributed by atoms with Gasteiger partial charge in [-0.1, -0.05) is 28.1 Å². The second kappa shape index (κ2) is 9.34. The Morgan fingerprint density at radius 3 is 2.46 bits per heavy atom. The molecule has 2 aromatic carbocycles. The summed E-state index contributed by atoms with van der Waals surface area (Å²) in [6, 6.07) is 11.8. The van der Waals surface area contributed by atoms with Crippen LogP contribution in [0.5, 0.6) is 5.75 Å². The van der Waals surface area contributed by atoms with E-state index < -0.39 is 17.9 Å². The van der Waals surface area contributed by atoms with Crippen molar-refractivity contribution in [3.63, 3.8) is 0 Å². The summed E-state index contributed by atoms with van der Waals surface area (Å²) in [7, 11) is 0. The number of carboxylic acids is 1. The van der Waals surface area contributed by atoms with Crippen molar-refractivity contribution in [1.82, 2.24) is 5.32 Å². The molecule has 0 saturated carbocycles. The maximum atomic E-state index is 11.8. The number of nitrogens with zero attached hydrogens (tertiary/aromatic N) is 1. The molecule has 28 heavy (non-hydrogen) atoms. The van der Waals surface area contributed by atoms with Crippen molar-refractivity contribution in [3.05, 3.63) is 69.2 Å². The van der Waals surface area contributed by atoms with Gasteiger partial charge in [0, 0.05) is 10.0 Å². The van der Waals surface area contributed by atoms with Crippen LogP contribution < -0.4 is 15.8 Å². The number of imide groups is 1. The van der Waals surface area contributed by atoms with E-state index in [2.05, 4.69) is 15.9 Å². The van der Waals surface area contributed by atoms with E-state index in [1.807, 2.05) is 5.32 Å². The number of urea groups is 1. The molecule has 0 aliphatic carbocycles. The fourth-order valence-corrected chi connectivity index (χ4v) is 2.53. The zero-order chi connectivity index (χ0) is 20.7. The van der Waals surface area contributed by atoms with Crippen LogP contribution in [0, 0.1) is 11.3 Å². The predicted octanol–water partition coefficient (Wildman–Crippen LogP) is 2.83. The summed E-state index contributed by atoms with van der Waals surface area (Å²) in [4.78, 5) is 33.6. The molecule has 2 aromatic rings. The van der Waals surface area contributed by atoms with E-state index in [9.17, 15) is 19.6 Å². The Morgan fingerprint density at radius 2 is 1.89 bits per heavy atom. The monoisotopic (exact) mass is 443 g/mol. The van der Waals surface area contributed by atoms with Crippen LogP contribution in [0.4, 0.5) is 4.79 Å². The molecule has 0 radical (unpaired) electrons. The van der Waals surface area contributed by atoms with E-state index in [1.165, 1.54) is 18.2 Å². The number of hydrogen-bond donors (Lipinski definition) is 3. The fourth-order valence-electron chi connectivity index (χ4n) is 2.15. The Morgan fingerprint density at radius 1 is 1.21 bits per heavy atom. The van der Waals surface area contributed by atoms with Gasteiger partial charge < -0.3 is 15.6 Å². The van der Waals surface area contributed by atoms with E-state index in [-0.39, 0.29) is 17.7 Å². The summed E-state index contributed by atoms with van der Waals surface area (Å²) in [5.41, 5.74) is 5.89. The van der Waals surface area contributed by atoms with Crippen molar-refractivity contribution >= 4 is 39.9 Å². The third-order valence-corrected chi connectivity index (χ3v) is 3.96. The summed E-state index contributed by atoms with van der Waals surface area (Å²) >= 11 is 3.31. The number of amides is 3. The first-order valence-electron chi connectivity index (χ1n) is 7.77. The Balaban J connectivity index is 2.25. The molecule has 0 unspecified atom stereocenters. The number of rotatable bonds is 6. The van der Waals surface area contributed by atoms with Crippen LogP contribution in [0.2, 0.25) is 0 Å². The standard InChI is InChI=1S/C19H14BrN3O5/c20-15-5-6-16(28-10-11-1-3-12(4-2-11)18(25)26)13(8-15)7-14(9-21)17(24)23-19(22)27/h1-8H,10H2,(H,25,26)(H3,22,23,24,27). The highest BCUT2D eigenvalue weighted by atomic mass is 79.9. The van der Waals surface area contributed by atoms with Gasteiger partial charge in [-0.2, -0.15) is 5.26 Å². The number of benzene rings is 2. The van der Waals surface area contributed by atoms with Crippen molar-refractivity contribution < 1.29 is 24.2 Å². The number of nitrogens with two attached hydrogens (primary N) is 1. The highest BCUT2D eigenvalue weighted by Gasteiger charge is 2.13. The number of carbonyl (C=O) groups excluding carboxylic acids is 2. The van der Waals surface area contributed by atoms with E-state index in [1.54, 1.807) is 36.4 Å². The third kappa shape index (κ3) is 5.69. The maximum Gasteiger partial charge on any atom is 0.335 e.